The summed E-state index contributed by atoms with van der Waals surface area (Å²) >= 11 is 0. The van der Waals surface area contributed by atoms with E-state index in [1.807, 2.05) is 0 Å². The lowest BCUT2D eigenvalue weighted by Gasteiger charge is -2.34. The molecule has 1 heterocycles. The molecular weight excluding hydrogens is 154 g/mol. The molecule has 0 unspecified atom stereocenters. The molecule has 0 aromatic carbocycles. The molecule has 1 aliphatic carbocycles. The van der Waals surface area contributed by atoms with Crippen LogP contribution in [0.5, 0.6) is 0 Å². The summed E-state index contributed by atoms with van der Waals surface area (Å²) in [5.74, 6) is 1.37. The summed E-state index contributed by atoms with van der Waals surface area (Å²) in [7, 11) is 0. The molecule has 2 rings (SSSR count). The number of amides is 1. The van der Waals surface area contributed by atoms with Crippen molar-refractivity contribution in [3.05, 3.63) is 0 Å². The fraction of sp³-hybridized carbons (Fsp3) is 0.778. The van der Waals surface area contributed by atoms with Gasteiger partial charge in [-0.3, -0.25) is 9.59 Å². The van der Waals surface area contributed by atoms with Crippen LogP contribution in [0.3, 0.4) is 0 Å². The van der Waals surface area contributed by atoms with Crippen LogP contribution >= 0.6 is 0 Å². The molecule has 0 aromatic rings. The number of fused-ring (bicyclic) bond motifs is 1. The molecule has 12 heavy (non-hydrogen) atoms. The first-order valence-electron chi connectivity index (χ1n) is 4.54. The minimum atomic E-state index is 0.117. The molecule has 2 fully saturated rings. The highest BCUT2D eigenvalue weighted by molar-refractivity contribution is 5.82. The SMILES string of the molecule is O=C1CC[C@@H]2CNC(=O)C[C@@H]2C1. The first kappa shape index (κ1) is 7.77. The Hall–Kier alpha value is -0.860. The molecule has 66 valence electrons. The largest absolute Gasteiger partial charge is 0.356 e. The van der Waals surface area contributed by atoms with Gasteiger partial charge in [0.15, 0.2) is 0 Å². The minimum Gasteiger partial charge on any atom is -0.356 e. The lowest BCUT2D eigenvalue weighted by Crippen LogP contribution is -2.43. The number of carbonyl (C=O) groups is 2. The molecule has 1 saturated carbocycles. The van der Waals surface area contributed by atoms with E-state index in [2.05, 4.69) is 5.32 Å². The van der Waals surface area contributed by atoms with E-state index < -0.39 is 0 Å². The summed E-state index contributed by atoms with van der Waals surface area (Å²) in [5.41, 5.74) is 0. The highest BCUT2D eigenvalue weighted by Crippen LogP contribution is 2.32. The number of carbonyl (C=O) groups excluding carboxylic acids is 2. The van der Waals surface area contributed by atoms with Gasteiger partial charge in [0, 0.05) is 25.8 Å². The predicted octanol–water partition coefficient (Wildman–Crippen LogP) is 0.492. The molecule has 2 aliphatic rings. The number of nitrogens with one attached hydrogen (secondary N) is 1. The van der Waals surface area contributed by atoms with E-state index >= 15 is 0 Å². The first-order chi connectivity index (χ1) is 5.75. The van der Waals surface area contributed by atoms with Crippen molar-refractivity contribution in [2.45, 2.75) is 25.7 Å². The van der Waals surface area contributed by atoms with E-state index in [0.717, 1.165) is 19.4 Å². The Labute approximate surface area is 71.5 Å². The smallest absolute Gasteiger partial charge is 0.220 e. The zero-order valence-corrected chi connectivity index (χ0v) is 7.01. The van der Waals surface area contributed by atoms with Crippen LogP contribution in [0.1, 0.15) is 25.7 Å². The number of piperidine rings is 1. The zero-order valence-electron chi connectivity index (χ0n) is 7.01. The summed E-state index contributed by atoms with van der Waals surface area (Å²) in [5, 5.41) is 2.85. The van der Waals surface area contributed by atoms with Crippen molar-refractivity contribution in [2.75, 3.05) is 6.54 Å². The molecular formula is C9H13NO2. The van der Waals surface area contributed by atoms with Gasteiger partial charge in [-0.05, 0) is 18.3 Å². The molecule has 0 spiro atoms. The molecule has 2 atom stereocenters. The molecule has 0 aromatic heterocycles. The molecule has 1 aliphatic heterocycles. The molecule has 0 radical (unpaired) electrons. The summed E-state index contributed by atoms with van der Waals surface area (Å²) in [6.07, 6.45) is 2.90. The second-order valence-corrected chi connectivity index (χ2v) is 3.81. The van der Waals surface area contributed by atoms with Crippen LogP contribution in [0.2, 0.25) is 0 Å². The third-order valence-electron chi connectivity index (χ3n) is 2.96. The van der Waals surface area contributed by atoms with E-state index in [9.17, 15) is 9.59 Å². The van der Waals surface area contributed by atoms with Gasteiger partial charge in [0.25, 0.3) is 0 Å². The highest BCUT2D eigenvalue weighted by atomic mass is 16.1. The fourth-order valence-electron chi connectivity index (χ4n) is 2.21. The van der Waals surface area contributed by atoms with Gasteiger partial charge in [-0.1, -0.05) is 0 Å². The maximum absolute atomic E-state index is 11.1. The van der Waals surface area contributed by atoms with Crippen LogP contribution in [-0.2, 0) is 9.59 Å². The van der Waals surface area contributed by atoms with Gasteiger partial charge in [0.1, 0.15) is 5.78 Å². The van der Waals surface area contributed by atoms with Crippen molar-refractivity contribution in [3.63, 3.8) is 0 Å². The van der Waals surface area contributed by atoms with Crippen molar-refractivity contribution in [1.29, 1.82) is 0 Å². The Kier molecular flexibility index (Phi) is 1.87. The van der Waals surface area contributed by atoms with Crippen molar-refractivity contribution in [1.82, 2.24) is 5.32 Å². The van der Waals surface area contributed by atoms with Gasteiger partial charge in [-0.25, -0.2) is 0 Å². The Morgan fingerprint density at radius 2 is 2.00 bits per heavy atom. The number of rotatable bonds is 0. The summed E-state index contributed by atoms with van der Waals surface area (Å²) < 4.78 is 0. The van der Waals surface area contributed by atoms with Crippen LogP contribution in [0, 0.1) is 11.8 Å². The van der Waals surface area contributed by atoms with Crippen molar-refractivity contribution in [2.24, 2.45) is 11.8 Å². The second-order valence-electron chi connectivity index (χ2n) is 3.81. The average molecular weight is 167 g/mol. The van der Waals surface area contributed by atoms with E-state index in [0.29, 0.717) is 30.5 Å². The van der Waals surface area contributed by atoms with Crippen molar-refractivity contribution < 1.29 is 9.59 Å². The minimum absolute atomic E-state index is 0.117. The summed E-state index contributed by atoms with van der Waals surface area (Å²) in [6.45, 7) is 0.788. The van der Waals surface area contributed by atoms with Crippen LogP contribution < -0.4 is 5.32 Å². The maximum Gasteiger partial charge on any atom is 0.220 e. The number of hydrogen-bond acceptors (Lipinski definition) is 2. The van der Waals surface area contributed by atoms with Crippen LogP contribution in [-0.4, -0.2) is 18.2 Å². The molecule has 1 saturated heterocycles. The van der Waals surface area contributed by atoms with Crippen LogP contribution in [0.25, 0.3) is 0 Å². The third-order valence-corrected chi connectivity index (χ3v) is 2.96. The topological polar surface area (TPSA) is 46.2 Å². The molecule has 3 heteroatoms. The van der Waals surface area contributed by atoms with E-state index in [1.54, 1.807) is 0 Å². The monoisotopic (exact) mass is 167 g/mol. The molecule has 3 nitrogen and oxygen atoms in total. The normalized spacial score (nSPS) is 35.7. The van der Waals surface area contributed by atoms with E-state index in [-0.39, 0.29) is 5.91 Å². The quantitative estimate of drug-likeness (QED) is 0.570. The second kappa shape index (κ2) is 2.88. The van der Waals surface area contributed by atoms with Crippen molar-refractivity contribution in [3.8, 4) is 0 Å². The fourth-order valence-corrected chi connectivity index (χ4v) is 2.21. The van der Waals surface area contributed by atoms with Gasteiger partial charge in [-0.2, -0.15) is 0 Å². The standard InChI is InChI=1S/C9H13NO2/c11-8-2-1-6-5-10-9(12)4-7(6)3-8/h6-7H,1-5H2,(H,10,12)/t6-,7+/m1/s1. The van der Waals surface area contributed by atoms with Crippen LogP contribution in [0.4, 0.5) is 0 Å². The first-order valence-corrected chi connectivity index (χ1v) is 4.54. The maximum atomic E-state index is 11.1. The average Bonchev–Trinajstić information content (AvgIpc) is 2.03. The Bertz CT molecular complexity index is 203. The zero-order chi connectivity index (χ0) is 8.55. The van der Waals surface area contributed by atoms with Crippen molar-refractivity contribution >= 4 is 11.7 Å². The van der Waals surface area contributed by atoms with Crippen LogP contribution in [0.15, 0.2) is 0 Å². The lowest BCUT2D eigenvalue weighted by molar-refractivity contribution is -0.128. The Morgan fingerprint density at radius 3 is 2.83 bits per heavy atom. The number of Topliss-reactive ketones (excluding diaryl/α,β-unsaturated/α-hetero) is 1. The summed E-state index contributed by atoms with van der Waals surface area (Å²) in [4.78, 5) is 22.1. The highest BCUT2D eigenvalue weighted by Gasteiger charge is 2.33. The van der Waals surface area contributed by atoms with Gasteiger partial charge in [-0.15, -0.1) is 0 Å². The predicted molar refractivity (Wildman–Crippen MR) is 43.5 cm³/mol. The number of ketones is 1. The van der Waals surface area contributed by atoms with Gasteiger partial charge in [0.05, 0.1) is 0 Å². The Balaban J connectivity index is 2.03. The summed E-state index contributed by atoms with van der Waals surface area (Å²) in [6, 6.07) is 0. The molecule has 1 amide bonds. The van der Waals surface area contributed by atoms with Gasteiger partial charge in [0.2, 0.25) is 5.91 Å². The Morgan fingerprint density at radius 1 is 1.17 bits per heavy atom. The van der Waals surface area contributed by atoms with E-state index in [1.165, 1.54) is 0 Å². The lowest BCUT2D eigenvalue weighted by atomic mass is 9.75. The van der Waals surface area contributed by atoms with E-state index in [4.69, 9.17) is 0 Å². The molecule has 1 N–H and O–H groups in total. The number of hydrogen-bond donors (Lipinski definition) is 1. The van der Waals surface area contributed by atoms with Gasteiger partial charge < -0.3 is 5.32 Å². The van der Waals surface area contributed by atoms with Gasteiger partial charge >= 0.3 is 0 Å². The molecule has 0 bridgehead atoms. The third kappa shape index (κ3) is 1.36.